The van der Waals surface area contributed by atoms with Crippen LogP contribution < -0.4 is 16.0 Å². The van der Waals surface area contributed by atoms with Crippen molar-refractivity contribution in [3.63, 3.8) is 0 Å². The van der Waals surface area contributed by atoms with Crippen LogP contribution in [0.2, 0.25) is 0 Å². The van der Waals surface area contributed by atoms with E-state index in [1.54, 1.807) is 6.92 Å². The summed E-state index contributed by atoms with van der Waals surface area (Å²) in [5.74, 6) is 0.00707. The highest BCUT2D eigenvalue weighted by molar-refractivity contribution is 5.12. The Morgan fingerprint density at radius 3 is 2.89 bits per heavy atom. The summed E-state index contributed by atoms with van der Waals surface area (Å²) in [6.07, 6.45) is -0.927. The molecule has 1 fully saturated rings. The number of H-pyrrole nitrogens is 1. The molecule has 1 aliphatic rings. The number of rotatable bonds is 4. The molecule has 1 aromatic heterocycles. The molecule has 0 amide bonds. The Labute approximate surface area is 108 Å². The second kappa shape index (κ2) is 5.55. The van der Waals surface area contributed by atoms with Gasteiger partial charge in [0.2, 0.25) is 5.75 Å². The van der Waals surface area contributed by atoms with Crippen molar-refractivity contribution in [3.05, 3.63) is 27.0 Å². The third kappa shape index (κ3) is 2.70. The monoisotopic (exact) mass is 272 g/mol. The molecule has 3 N–H and O–H groups in total. The van der Waals surface area contributed by atoms with Crippen molar-refractivity contribution in [2.75, 3.05) is 13.2 Å². The molecular weight excluding hydrogens is 256 g/mol. The summed E-state index contributed by atoms with van der Waals surface area (Å²) in [6, 6.07) is 0. The van der Waals surface area contributed by atoms with Crippen molar-refractivity contribution in [1.29, 1.82) is 0 Å². The Kier molecular flexibility index (Phi) is 4.03. The summed E-state index contributed by atoms with van der Waals surface area (Å²) in [7, 11) is 0. The number of aliphatic hydroxyl groups excluding tert-OH is 2. The maximum atomic E-state index is 11.7. The molecule has 8 heteroatoms. The van der Waals surface area contributed by atoms with Crippen molar-refractivity contribution in [2.45, 2.75) is 31.8 Å². The molecule has 0 bridgehead atoms. The third-order valence-electron chi connectivity index (χ3n) is 2.93. The third-order valence-corrected chi connectivity index (χ3v) is 2.93. The number of ether oxygens (including phenoxy) is 2. The maximum Gasteiger partial charge on any atom is 0.330 e. The first-order valence-electron chi connectivity index (χ1n) is 5.99. The minimum atomic E-state index is -0.857. The van der Waals surface area contributed by atoms with Gasteiger partial charge in [0.1, 0.15) is 12.3 Å². The van der Waals surface area contributed by atoms with Crippen molar-refractivity contribution in [2.24, 2.45) is 0 Å². The molecule has 0 aromatic carbocycles. The topological polar surface area (TPSA) is 114 Å². The predicted molar refractivity (Wildman–Crippen MR) is 64.1 cm³/mol. The Balaban J connectivity index is 2.33. The van der Waals surface area contributed by atoms with E-state index in [9.17, 15) is 14.7 Å². The van der Waals surface area contributed by atoms with Crippen LogP contribution in [-0.4, -0.2) is 45.2 Å². The average Bonchev–Trinajstić information content (AvgIpc) is 2.74. The van der Waals surface area contributed by atoms with Gasteiger partial charge in [-0.2, -0.15) is 0 Å². The molecule has 1 aliphatic heterocycles. The van der Waals surface area contributed by atoms with Crippen LogP contribution >= 0.6 is 0 Å². The lowest BCUT2D eigenvalue weighted by atomic mass is 10.2. The lowest BCUT2D eigenvalue weighted by Crippen LogP contribution is -2.33. The van der Waals surface area contributed by atoms with Crippen LogP contribution in [-0.2, 0) is 4.74 Å². The predicted octanol–water partition coefficient (Wildman–Crippen LogP) is -1.42. The van der Waals surface area contributed by atoms with E-state index in [2.05, 4.69) is 4.98 Å². The molecule has 0 unspecified atom stereocenters. The summed E-state index contributed by atoms with van der Waals surface area (Å²) < 4.78 is 11.6. The lowest BCUT2D eigenvalue weighted by molar-refractivity contribution is -0.0461. The van der Waals surface area contributed by atoms with Gasteiger partial charge in [-0.3, -0.25) is 14.3 Å². The van der Waals surface area contributed by atoms with Gasteiger partial charge >= 0.3 is 5.69 Å². The lowest BCUT2D eigenvalue weighted by Gasteiger charge is -2.15. The normalized spacial score (nSPS) is 26.6. The minimum absolute atomic E-state index is 0.00707. The van der Waals surface area contributed by atoms with Crippen LogP contribution in [0.4, 0.5) is 0 Å². The summed E-state index contributed by atoms with van der Waals surface area (Å²) in [5, 5.41) is 18.6. The van der Waals surface area contributed by atoms with Gasteiger partial charge in [0, 0.05) is 6.42 Å². The molecule has 0 saturated carbocycles. The van der Waals surface area contributed by atoms with Crippen molar-refractivity contribution in [3.8, 4) is 5.75 Å². The van der Waals surface area contributed by atoms with E-state index in [-0.39, 0.29) is 25.4 Å². The molecular formula is C11H16N2O6. The standard InChI is InChI=1S/C11H16N2O6/c1-2-18-7-4-13(11(17)12-10(7)16)9-3-6(15)8(5-14)19-9/h4,6,8-9,14-15H,2-3,5H2,1H3,(H,12,16,17)/t6-,8+,9+/m1/s1. The molecule has 0 radical (unpaired) electrons. The number of aliphatic hydroxyl groups is 2. The van der Waals surface area contributed by atoms with E-state index in [0.717, 1.165) is 4.57 Å². The number of hydrogen-bond acceptors (Lipinski definition) is 6. The molecule has 1 saturated heterocycles. The van der Waals surface area contributed by atoms with E-state index in [1.807, 2.05) is 0 Å². The first kappa shape index (κ1) is 13.8. The fourth-order valence-electron chi connectivity index (χ4n) is 1.99. The van der Waals surface area contributed by atoms with Gasteiger partial charge in [-0.15, -0.1) is 0 Å². The van der Waals surface area contributed by atoms with Gasteiger partial charge in [0.25, 0.3) is 5.56 Å². The van der Waals surface area contributed by atoms with Crippen LogP contribution in [0.1, 0.15) is 19.6 Å². The smallest absolute Gasteiger partial charge is 0.330 e. The highest BCUT2D eigenvalue weighted by Crippen LogP contribution is 2.27. The maximum absolute atomic E-state index is 11.7. The number of hydrogen-bond donors (Lipinski definition) is 3. The molecule has 19 heavy (non-hydrogen) atoms. The average molecular weight is 272 g/mol. The fourth-order valence-corrected chi connectivity index (χ4v) is 1.99. The quantitative estimate of drug-likeness (QED) is 0.619. The SMILES string of the molecule is CCOc1cn([C@@H]2C[C@@H](O)[C@H](CO)O2)c(=O)[nH]c1=O. The Morgan fingerprint density at radius 1 is 1.58 bits per heavy atom. The van der Waals surface area contributed by atoms with Crippen LogP contribution in [0.25, 0.3) is 0 Å². The van der Waals surface area contributed by atoms with Crippen molar-refractivity contribution in [1.82, 2.24) is 9.55 Å². The van der Waals surface area contributed by atoms with Crippen molar-refractivity contribution >= 4 is 0 Å². The van der Waals surface area contributed by atoms with Gasteiger partial charge in [0.15, 0.2) is 0 Å². The molecule has 1 aromatic rings. The number of aromatic nitrogens is 2. The number of nitrogens with one attached hydrogen (secondary N) is 1. The minimum Gasteiger partial charge on any atom is -0.487 e. The first-order valence-corrected chi connectivity index (χ1v) is 5.99. The zero-order valence-corrected chi connectivity index (χ0v) is 10.4. The molecule has 8 nitrogen and oxygen atoms in total. The van der Waals surface area contributed by atoms with E-state index < -0.39 is 29.7 Å². The fraction of sp³-hybridized carbons (Fsp3) is 0.636. The zero-order valence-electron chi connectivity index (χ0n) is 10.4. The zero-order chi connectivity index (χ0) is 14.0. The van der Waals surface area contributed by atoms with E-state index >= 15 is 0 Å². The van der Waals surface area contributed by atoms with E-state index in [1.165, 1.54) is 6.20 Å². The van der Waals surface area contributed by atoms with Crippen LogP contribution in [0, 0.1) is 0 Å². The number of nitrogens with zero attached hydrogens (tertiary/aromatic N) is 1. The second-order valence-electron chi connectivity index (χ2n) is 4.21. The van der Waals surface area contributed by atoms with E-state index in [0.29, 0.717) is 0 Å². The van der Waals surface area contributed by atoms with Gasteiger partial charge in [-0.1, -0.05) is 0 Å². The molecule has 0 aliphatic carbocycles. The molecule has 2 heterocycles. The Morgan fingerprint density at radius 2 is 2.32 bits per heavy atom. The van der Waals surface area contributed by atoms with Crippen LogP contribution in [0.15, 0.2) is 15.8 Å². The first-order chi connectivity index (χ1) is 9.06. The number of aromatic amines is 1. The van der Waals surface area contributed by atoms with Gasteiger partial charge in [-0.25, -0.2) is 4.79 Å². The van der Waals surface area contributed by atoms with Crippen molar-refractivity contribution < 1.29 is 19.7 Å². The highest BCUT2D eigenvalue weighted by Gasteiger charge is 2.35. The largest absolute Gasteiger partial charge is 0.487 e. The summed E-state index contributed by atoms with van der Waals surface area (Å²) in [6.45, 7) is 1.66. The van der Waals surface area contributed by atoms with Gasteiger partial charge < -0.3 is 19.7 Å². The van der Waals surface area contributed by atoms with Crippen LogP contribution in [0.5, 0.6) is 5.75 Å². The summed E-state index contributed by atoms with van der Waals surface area (Å²) in [4.78, 5) is 25.3. The highest BCUT2D eigenvalue weighted by atomic mass is 16.5. The second-order valence-corrected chi connectivity index (χ2v) is 4.21. The summed E-state index contributed by atoms with van der Waals surface area (Å²) >= 11 is 0. The summed E-state index contributed by atoms with van der Waals surface area (Å²) in [5.41, 5.74) is -1.26. The van der Waals surface area contributed by atoms with E-state index in [4.69, 9.17) is 14.6 Å². The molecule has 2 rings (SSSR count). The Hall–Kier alpha value is -1.64. The molecule has 3 atom stereocenters. The molecule has 106 valence electrons. The Bertz CT molecular complexity index is 551. The van der Waals surface area contributed by atoms with Crippen LogP contribution in [0.3, 0.4) is 0 Å². The van der Waals surface area contributed by atoms with Gasteiger partial charge in [0.05, 0.1) is 25.5 Å². The molecule has 0 spiro atoms. The van der Waals surface area contributed by atoms with Gasteiger partial charge in [-0.05, 0) is 6.92 Å².